The monoisotopic (exact) mass is 272 g/mol. The Labute approximate surface area is 109 Å². The highest BCUT2D eigenvalue weighted by Crippen LogP contribution is 2.27. The maximum Gasteiger partial charge on any atom is 0.150 e. The number of benzene rings is 1. The molecule has 0 radical (unpaired) electrons. The van der Waals surface area contributed by atoms with E-state index in [-0.39, 0.29) is 22.3 Å². The second-order valence-corrected chi connectivity index (χ2v) is 4.81. The van der Waals surface area contributed by atoms with E-state index in [0.29, 0.717) is 25.9 Å². The van der Waals surface area contributed by atoms with Crippen LogP contribution in [0, 0.1) is 11.6 Å². The van der Waals surface area contributed by atoms with Crippen LogP contribution >= 0.6 is 12.2 Å². The molecule has 98 valence electrons. The van der Waals surface area contributed by atoms with Crippen molar-refractivity contribution < 1.29 is 13.9 Å². The van der Waals surface area contributed by atoms with Gasteiger partial charge in [-0.25, -0.2) is 8.78 Å². The summed E-state index contributed by atoms with van der Waals surface area (Å²) in [5, 5.41) is 9.38. The Balaban J connectivity index is 2.31. The predicted octanol–water partition coefficient (Wildman–Crippen LogP) is 1.56. The molecule has 0 spiro atoms. The molecule has 18 heavy (non-hydrogen) atoms. The number of nitrogens with two attached hydrogens (primary N) is 1. The number of anilines is 1. The van der Waals surface area contributed by atoms with Crippen LogP contribution in [0.2, 0.25) is 0 Å². The van der Waals surface area contributed by atoms with Crippen molar-refractivity contribution in [2.75, 3.05) is 18.0 Å². The largest absolute Gasteiger partial charge is 0.393 e. The quantitative estimate of drug-likeness (QED) is 0.802. The average Bonchev–Trinajstić information content (AvgIpc) is 2.30. The third-order valence-electron chi connectivity index (χ3n) is 3.08. The molecular formula is C12H14F2N2OS. The van der Waals surface area contributed by atoms with E-state index in [1.165, 1.54) is 0 Å². The van der Waals surface area contributed by atoms with Gasteiger partial charge in [-0.2, -0.15) is 0 Å². The number of aliphatic hydroxyl groups excluding tert-OH is 1. The fourth-order valence-corrected chi connectivity index (χ4v) is 2.22. The van der Waals surface area contributed by atoms with Gasteiger partial charge in [-0.1, -0.05) is 12.2 Å². The number of piperidine rings is 1. The summed E-state index contributed by atoms with van der Waals surface area (Å²) in [6, 6.07) is 2.29. The van der Waals surface area contributed by atoms with Crippen molar-refractivity contribution in [3.05, 3.63) is 29.3 Å². The zero-order valence-electron chi connectivity index (χ0n) is 9.70. The van der Waals surface area contributed by atoms with E-state index in [1.54, 1.807) is 4.90 Å². The summed E-state index contributed by atoms with van der Waals surface area (Å²) in [6.07, 6.45) is 0.634. The molecule has 1 aromatic carbocycles. The fraction of sp³-hybridized carbons (Fsp3) is 0.417. The summed E-state index contributed by atoms with van der Waals surface area (Å²) in [7, 11) is 0. The van der Waals surface area contributed by atoms with Gasteiger partial charge in [-0.3, -0.25) is 0 Å². The predicted molar refractivity (Wildman–Crippen MR) is 69.7 cm³/mol. The lowest BCUT2D eigenvalue weighted by molar-refractivity contribution is 0.145. The van der Waals surface area contributed by atoms with Crippen molar-refractivity contribution in [2.45, 2.75) is 18.9 Å². The van der Waals surface area contributed by atoms with Crippen LogP contribution in [0.15, 0.2) is 12.1 Å². The molecule has 0 atom stereocenters. The van der Waals surface area contributed by atoms with E-state index in [2.05, 4.69) is 0 Å². The minimum atomic E-state index is -0.672. The summed E-state index contributed by atoms with van der Waals surface area (Å²) in [5.74, 6) is -1.34. The molecule has 1 saturated heterocycles. The van der Waals surface area contributed by atoms with Gasteiger partial charge in [-0.05, 0) is 25.0 Å². The van der Waals surface area contributed by atoms with Crippen molar-refractivity contribution >= 4 is 22.9 Å². The van der Waals surface area contributed by atoms with E-state index in [0.717, 1.165) is 12.1 Å². The van der Waals surface area contributed by atoms with Gasteiger partial charge in [0.25, 0.3) is 0 Å². The Morgan fingerprint density at radius 3 is 2.22 bits per heavy atom. The van der Waals surface area contributed by atoms with Gasteiger partial charge in [0, 0.05) is 18.7 Å². The molecule has 0 bridgehead atoms. The normalized spacial score (nSPS) is 16.9. The first-order valence-electron chi connectivity index (χ1n) is 5.71. The Morgan fingerprint density at radius 1 is 1.28 bits per heavy atom. The molecule has 0 aliphatic carbocycles. The smallest absolute Gasteiger partial charge is 0.150 e. The second kappa shape index (κ2) is 5.16. The van der Waals surface area contributed by atoms with Crippen molar-refractivity contribution in [1.82, 2.24) is 0 Å². The molecule has 0 saturated carbocycles. The number of hydrogen-bond donors (Lipinski definition) is 2. The maximum absolute atomic E-state index is 13.9. The van der Waals surface area contributed by atoms with E-state index >= 15 is 0 Å². The number of hydrogen-bond acceptors (Lipinski definition) is 3. The minimum absolute atomic E-state index is 0.0339. The summed E-state index contributed by atoms with van der Waals surface area (Å²) in [4.78, 5) is 1.56. The van der Waals surface area contributed by atoms with Crippen molar-refractivity contribution in [3.8, 4) is 0 Å². The number of thiocarbonyl (C=S) groups is 1. The molecule has 2 rings (SSSR count). The molecule has 1 aliphatic heterocycles. The molecule has 1 aliphatic rings. The first kappa shape index (κ1) is 13.2. The molecule has 1 heterocycles. The lowest BCUT2D eigenvalue weighted by Crippen LogP contribution is -2.37. The van der Waals surface area contributed by atoms with E-state index < -0.39 is 11.6 Å². The number of aliphatic hydroxyl groups is 1. The lowest BCUT2D eigenvalue weighted by atomic mass is 10.1. The molecule has 1 fully saturated rings. The Morgan fingerprint density at radius 2 is 1.78 bits per heavy atom. The van der Waals surface area contributed by atoms with Crippen molar-refractivity contribution in [1.29, 1.82) is 0 Å². The molecule has 6 heteroatoms. The first-order chi connectivity index (χ1) is 8.49. The standard InChI is InChI=1S/C12H14F2N2OS/c13-9-5-7(12(15)18)6-10(14)11(9)16-3-1-8(17)2-4-16/h5-6,8,17H,1-4H2,(H2,15,18). The second-order valence-electron chi connectivity index (χ2n) is 4.37. The van der Waals surface area contributed by atoms with Gasteiger partial charge in [0.1, 0.15) is 22.3 Å². The van der Waals surface area contributed by atoms with Crippen LogP contribution in [0.25, 0.3) is 0 Å². The minimum Gasteiger partial charge on any atom is -0.393 e. The van der Waals surface area contributed by atoms with Crippen LogP contribution in [0.1, 0.15) is 18.4 Å². The van der Waals surface area contributed by atoms with E-state index in [4.69, 9.17) is 18.0 Å². The lowest BCUT2D eigenvalue weighted by Gasteiger charge is -2.32. The molecule has 0 amide bonds. The zero-order chi connectivity index (χ0) is 13.3. The van der Waals surface area contributed by atoms with Gasteiger partial charge in [0.05, 0.1) is 6.10 Å². The van der Waals surface area contributed by atoms with E-state index in [9.17, 15) is 13.9 Å². The van der Waals surface area contributed by atoms with Crippen LogP contribution < -0.4 is 10.6 Å². The highest BCUT2D eigenvalue weighted by atomic mass is 32.1. The third-order valence-corrected chi connectivity index (χ3v) is 3.32. The van der Waals surface area contributed by atoms with Gasteiger partial charge in [-0.15, -0.1) is 0 Å². The van der Waals surface area contributed by atoms with Crippen LogP contribution in [0.4, 0.5) is 14.5 Å². The molecule has 0 unspecified atom stereocenters. The molecule has 1 aromatic rings. The average molecular weight is 272 g/mol. The molecular weight excluding hydrogens is 258 g/mol. The maximum atomic E-state index is 13.9. The summed E-state index contributed by atoms with van der Waals surface area (Å²) >= 11 is 4.69. The molecule has 0 aromatic heterocycles. The van der Waals surface area contributed by atoms with Crippen LogP contribution in [0.5, 0.6) is 0 Å². The van der Waals surface area contributed by atoms with E-state index in [1.807, 2.05) is 0 Å². The highest BCUT2D eigenvalue weighted by Gasteiger charge is 2.23. The zero-order valence-corrected chi connectivity index (χ0v) is 10.5. The molecule has 3 N–H and O–H groups in total. The fourth-order valence-electron chi connectivity index (χ4n) is 2.10. The Bertz CT molecular complexity index is 450. The Hall–Kier alpha value is -1.27. The topological polar surface area (TPSA) is 49.5 Å². The van der Waals surface area contributed by atoms with Gasteiger partial charge < -0.3 is 15.7 Å². The van der Waals surface area contributed by atoms with Crippen LogP contribution in [0.3, 0.4) is 0 Å². The first-order valence-corrected chi connectivity index (χ1v) is 6.11. The summed E-state index contributed by atoms with van der Waals surface area (Å²) < 4.78 is 27.8. The van der Waals surface area contributed by atoms with Gasteiger partial charge in [0.2, 0.25) is 0 Å². The Kier molecular flexibility index (Phi) is 3.77. The summed E-state index contributed by atoms with van der Waals surface area (Å²) in [6.45, 7) is 0.864. The number of halogens is 2. The van der Waals surface area contributed by atoms with Crippen molar-refractivity contribution in [3.63, 3.8) is 0 Å². The number of nitrogens with zero attached hydrogens (tertiary/aromatic N) is 1. The number of rotatable bonds is 2. The highest BCUT2D eigenvalue weighted by molar-refractivity contribution is 7.80. The van der Waals surface area contributed by atoms with Gasteiger partial charge in [0.15, 0.2) is 0 Å². The third kappa shape index (κ3) is 2.59. The SMILES string of the molecule is NC(=S)c1cc(F)c(N2CCC(O)CC2)c(F)c1. The molecule has 3 nitrogen and oxygen atoms in total. The summed E-state index contributed by atoms with van der Waals surface area (Å²) in [5.41, 5.74) is 5.46. The van der Waals surface area contributed by atoms with Crippen LogP contribution in [-0.2, 0) is 0 Å². The van der Waals surface area contributed by atoms with Crippen LogP contribution in [-0.4, -0.2) is 29.3 Å². The van der Waals surface area contributed by atoms with Crippen molar-refractivity contribution in [2.24, 2.45) is 5.73 Å². The van der Waals surface area contributed by atoms with Gasteiger partial charge >= 0.3 is 0 Å².